The van der Waals surface area contributed by atoms with E-state index >= 15 is 0 Å². The second-order valence-corrected chi connectivity index (χ2v) is 3.47. The Hall–Kier alpha value is -1.36. The predicted molar refractivity (Wildman–Crippen MR) is 57.9 cm³/mol. The molecule has 5 heteroatoms. The van der Waals surface area contributed by atoms with Gasteiger partial charge in [0.05, 0.1) is 12.5 Å². The molecule has 1 atom stereocenters. The first-order valence-corrected chi connectivity index (χ1v) is 5.24. The number of aromatic nitrogens is 2. The summed E-state index contributed by atoms with van der Waals surface area (Å²) in [6.07, 6.45) is 5.19. The number of rotatable bonds is 6. The molecular weight excluding hydrogens is 192 g/mol. The molecule has 0 aromatic carbocycles. The van der Waals surface area contributed by atoms with Gasteiger partial charge in [-0.2, -0.15) is 0 Å². The van der Waals surface area contributed by atoms with Crippen molar-refractivity contribution in [2.75, 3.05) is 6.54 Å². The molecule has 0 radical (unpaired) electrons. The SMILES string of the molecule is CCCC(CN)C(=O)NCc1ncc[nH]1. The van der Waals surface area contributed by atoms with E-state index in [0.717, 1.165) is 18.7 Å². The van der Waals surface area contributed by atoms with E-state index in [-0.39, 0.29) is 11.8 Å². The van der Waals surface area contributed by atoms with Crippen LogP contribution < -0.4 is 11.1 Å². The first-order chi connectivity index (χ1) is 7.27. The third kappa shape index (κ3) is 3.71. The van der Waals surface area contributed by atoms with Gasteiger partial charge in [-0.15, -0.1) is 0 Å². The molecule has 0 spiro atoms. The van der Waals surface area contributed by atoms with Crippen LogP contribution in [0.1, 0.15) is 25.6 Å². The molecule has 1 aromatic rings. The summed E-state index contributed by atoms with van der Waals surface area (Å²) in [5.41, 5.74) is 5.52. The fourth-order valence-electron chi connectivity index (χ4n) is 1.41. The molecule has 0 fully saturated rings. The van der Waals surface area contributed by atoms with Gasteiger partial charge in [0, 0.05) is 18.9 Å². The van der Waals surface area contributed by atoms with Crippen LogP contribution in [-0.4, -0.2) is 22.4 Å². The first-order valence-electron chi connectivity index (χ1n) is 5.24. The summed E-state index contributed by atoms with van der Waals surface area (Å²) in [5, 5.41) is 2.81. The van der Waals surface area contributed by atoms with Crippen molar-refractivity contribution in [2.24, 2.45) is 11.7 Å². The Morgan fingerprint density at radius 2 is 2.53 bits per heavy atom. The maximum atomic E-state index is 11.6. The minimum atomic E-state index is -0.0787. The minimum absolute atomic E-state index is 0.00995. The average Bonchev–Trinajstić information content (AvgIpc) is 2.75. The highest BCUT2D eigenvalue weighted by molar-refractivity contribution is 5.78. The Morgan fingerprint density at radius 1 is 1.73 bits per heavy atom. The van der Waals surface area contributed by atoms with Crippen molar-refractivity contribution in [3.63, 3.8) is 0 Å². The van der Waals surface area contributed by atoms with Crippen molar-refractivity contribution in [1.82, 2.24) is 15.3 Å². The molecule has 1 amide bonds. The summed E-state index contributed by atoms with van der Waals surface area (Å²) in [6.45, 7) is 2.88. The van der Waals surface area contributed by atoms with Gasteiger partial charge in [0.1, 0.15) is 5.82 Å². The summed E-state index contributed by atoms with van der Waals surface area (Å²) in [4.78, 5) is 18.6. The molecule has 1 heterocycles. The Balaban J connectivity index is 2.34. The van der Waals surface area contributed by atoms with E-state index in [4.69, 9.17) is 5.73 Å². The van der Waals surface area contributed by atoms with Crippen LogP contribution in [0.25, 0.3) is 0 Å². The number of carbonyl (C=O) groups is 1. The lowest BCUT2D eigenvalue weighted by Crippen LogP contribution is -2.34. The van der Waals surface area contributed by atoms with E-state index in [0.29, 0.717) is 13.1 Å². The second kappa shape index (κ2) is 6.19. The van der Waals surface area contributed by atoms with Crippen molar-refractivity contribution < 1.29 is 4.79 Å². The zero-order valence-electron chi connectivity index (χ0n) is 8.99. The molecule has 0 bridgehead atoms. The lowest BCUT2D eigenvalue weighted by Gasteiger charge is -2.12. The standard InChI is InChI=1S/C10H18N4O/c1-2-3-8(6-11)10(15)14-7-9-12-4-5-13-9/h4-5,8H,2-3,6-7,11H2,1H3,(H,12,13)(H,14,15). The Kier molecular flexibility index (Phi) is 4.83. The van der Waals surface area contributed by atoms with Gasteiger partial charge >= 0.3 is 0 Å². The highest BCUT2D eigenvalue weighted by Crippen LogP contribution is 2.04. The van der Waals surface area contributed by atoms with Crippen LogP contribution in [0.15, 0.2) is 12.4 Å². The summed E-state index contributed by atoms with van der Waals surface area (Å²) in [7, 11) is 0. The highest BCUT2D eigenvalue weighted by atomic mass is 16.1. The molecule has 1 rings (SSSR count). The molecular formula is C10H18N4O. The maximum Gasteiger partial charge on any atom is 0.224 e. The molecule has 0 aliphatic carbocycles. The number of aromatic amines is 1. The minimum Gasteiger partial charge on any atom is -0.349 e. The van der Waals surface area contributed by atoms with Gasteiger partial charge in [0.15, 0.2) is 0 Å². The third-order valence-corrected chi connectivity index (χ3v) is 2.28. The molecule has 0 saturated heterocycles. The van der Waals surface area contributed by atoms with Crippen LogP contribution in [0.2, 0.25) is 0 Å². The van der Waals surface area contributed by atoms with Crippen molar-refractivity contribution >= 4 is 5.91 Å². The van der Waals surface area contributed by atoms with Crippen molar-refractivity contribution in [1.29, 1.82) is 0 Å². The molecule has 0 aliphatic rings. The van der Waals surface area contributed by atoms with Gasteiger partial charge in [0.2, 0.25) is 5.91 Å². The molecule has 5 nitrogen and oxygen atoms in total. The number of nitrogens with zero attached hydrogens (tertiary/aromatic N) is 1. The van der Waals surface area contributed by atoms with Crippen molar-refractivity contribution in [3.8, 4) is 0 Å². The van der Waals surface area contributed by atoms with Crippen molar-refractivity contribution in [3.05, 3.63) is 18.2 Å². The fourth-order valence-corrected chi connectivity index (χ4v) is 1.41. The first kappa shape index (κ1) is 11.7. The summed E-state index contributed by atoms with van der Waals surface area (Å²) < 4.78 is 0. The topological polar surface area (TPSA) is 83.8 Å². The van der Waals surface area contributed by atoms with Crippen LogP contribution >= 0.6 is 0 Å². The normalized spacial score (nSPS) is 12.4. The van der Waals surface area contributed by atoms with E-state index in [1.54, 1.807) is 12.4 Å². The number of carbonyl (C=O) groups excluding carboxylic acids is 1. The molecule has 0 aliphatic heterocycles. The number of nitrogens with two attached hydrogens (primary N) is 1. The Bertz CT molecular complexity index is 284. The van der Waals surface area contributed by atoms with E-state index in [9.17, 15) is 4.79 Å². The van der Waals surface area contributed by atoms with Crippen LogP contribution in [0, 0.1) is 5.92 Å². The monoisotopic (exact) mass is 210 g/mol. The number of imidazole rings is 1. The lowest BCUT2D eigenvalue weighted by molar-refractivity contribution is -0.125. The summed E-state index contributed by atoms with van der Waals surface area (Å²) in [6, 6.07) is 0. The third-order valence-electron chi connectivity index (χ3n) is 2.28. The van der Waals surface area contributed by atoms with Gasteiger partial charge in [-0.3, -0.25) is 4.79 Å². The van der Waals surface area contributed by atoms with Gasteiger partial charge < -0.3 is 16.0 Å². The van der Waals surface area contributed by atoms with Crippen molar-refractivity contribution in [2.45, 2.75) is 26.3 Å². The van der Waals surface area contributed by atoms with E-state index in [1.165, 1.54) is 0 Å². The number of hydrogen-bond acceptors (Lipinski definition) is 3. The van der Waals surface area contributed by atoms with Crippen LogP contribution in [0.5, 0.6) is 0 Å². The molecule has 84 valence electrons. The zero-order valence-corrected chi connectivity index (χ0v) is 8.99. The number of H-pyrrole nitrogens is 1. The quantitative estimate of drug-likeness (QED) is 0.635. The molecule has 15 heavy (non-hydrogen) atoms. The fraction of sp³-hybridized carbons (Fsp3) is 0.600. The highest BCUT2D eigenvalue weighted by Gasteiger charge is 2.15. The van der Waals surface area contributed by atoms with Crippen LogP contribution in [0.3, 0.4) is 0 Å². The van der Waals surface area contributed by atoms with Gasteiger partial charge in [0.25, 0.3) is 0 Å². The zero-order chi connectivity index (χ0) is 11.1. The average molecular weight is 210 g/mol. The lowest BCUT2D eigenvalue weighted by atomic mass is 10.0. The predicted octanol–water partition coefficient (Wildman–Crippen LogP) is 0.401. The molecule has 1 aromatic heterocycles. The van der Waals surface area contributed by atoms with Gasteiger partial charge in [-0.25, -0.2) is 4.98 Å². The van der Waals surface area contributed by atoms with E-state index < -0.39 is 0 Å². The van der Waals surface area contributed by atoms with E-state index in [2.05, 4.69) is 15.3 Å². The van der Waals surface area contributed by atoms with Crippen LogP contribution in [0.4, 0.5) is 0 Å². The molecule has 0 saturated carbocycles. The maximum absolute atomic E-state index is 11.6. The summed E-state index contributed by atoms with van der Waals surface area (Å²) >= 11 is 0. The molecule has 4 N–H and O–H groups in total. The second-order valence-electron chi connectivity index (χ2n) is 3.47. The number of amides is 1. The largest absolute Gasteiger partial charge is 0.349 e. The van der Waals surface area contributed by atoms with E-state index in [1.807, 2.05) is 6.92 Å². The summed E-state index contributed by atoms with van der Waals surface area (Å²) in [5.74, 6) is 0.691. The van der Waals surface area contributed by atoms with Crippen LogP contribution in [-0.2, 0) is 11.3 Å². The van der Waals surface area contributed by atoms with Gasteiger partial charge in [-0.05, 0) is 6.42 Å². The number of hydrogen-bond donors (Lipinski definition) is 3. The number of nitrogens with one attached hydrogen (secondary N) is 2. The van der Waals surface area contributed by atoms with Gasteiger partial charge in [-0.1, -0.05) is 13.3 Å². The Labute approximate surface area is 89.5 Å². The smallest absolute Gasteiger partial charge is 0.224 e. The molecule has 1 unspecified atom stereocenters. The Morgan fingerprint density at radius 3 is 3.07 bits per heavy atom.